The van der Waals surface area contributed by atoms with E-state index in [4.69, 9.17) is 18.8 Å². The topological polar surface area (TPSA) is 40.2 Å². The van der Waals surface area contributed by atoms with Crippen LogP contribution in [0.5, 0.6) is 0 Å². The summed E-state index contributed by atoms with van der Waals surface area (Å²) in [6.07, 6.45) is 3.46. The lowest BCUT2D eigenvalue weighted by Crippen LogP contribution is -2.41. The molecular formula is C26H36BNO4. The predicted octanol–water partition coefficient (Wildman–Crippen LogP) is 3.06. The van der Waals surface area contributed by atoms with Gasteiger partial charge in [0.1, 0.15) is 0 Å². The molecule has 1 aromatic rings. The van der Waals surface area contributed by atoms with Crippen molar-refractivity contribution in [2.75, 3.05) is 32.8 Å². The molecule has 6 heteroatoms. The third-order valence-corrected chi connectivity index (χ3v) is 7.94. The van der Waals surface area contributed by atoms with Crippen LogP contribution < -0.4 is 5.46 Å². The first-order valence-corrected chi connectivity index (χ1v) is 12.3. The van der Waals surface area contributed by atoms with Crippen LogP contribution in [0.4, 0.5) is 0 Å². The molecule has 0 aromatic heterocycles. The van der Waals surface area contributed by atoms with Gasteiger partial charge in [-0.3, -0.25) is 0 Å². The third-order valence-electron chi connectivity index (χ3n) is 7.94. The van der Waals surface area contributed by atoms with Crippen molar-refractivity contribution in [1.29, 1.82) is 0 Å². The van der Waals surface area contributed by atoms with Gasteiger partial charge >= 0.3 is 7.12 Å². The number of benzene rings is 1. The highest BCUT2D eigenvalue weighted by Crippen LogP contribution is 2.51. The monoisotopic (exact) mass is 437 g/mol. The van der Waals surface area contributed by atoms with Gasteiger partial charge in [-0.15, -0.1) is 0 Å². The lowest BCUT2D eigenvalue weighted by Gasteiger charge is -2.32. The Morgan fingerprint density at radius 1 is 1.03 bits per heavy atom. The van der Waals surface area contributed by atoms with Crippen LogP contribution in [0.25, 0.3) is 0 Å². The zero-order valence-electron chi connectivity index (χ0n) is 19.9. The molecule has 0 amide bonds. The van der Waals surface area contributed by atoms with E-state index in [2.05, 4.69) is 68.7 Å². The van der Waals surface area contributed by atoms with Gasteiger partial charge in [-0.1, -0.05) is 24.0 Å². The molecule has 172 valence electrons. The van der Waals surface area contributed by atoms with E-state index in [1.807, 2.05) is 0 Å². The van der Waals surface area contributed by atoms with Gasteiger partial charge in [0.25, 0.3) is 0 Å². The van der Waals surface area contributed by atoms with Gasteiger partial charge in [0.2, 0.25) is 0 Å². The Morgan fingerprint density at radius 3 is 2.34 bits per heavy atom. The Labute approximate surface area is 193 Å². The maximum atomic E-state index is 6.14. The van der Waals surface area contributed by atoms with Gasteiger partial charge in [0.05, 0.1) is 17.8 Å². The van der Waals surface area contributed by atoms with Gasteiger partial charge in [-0.25, -0.2) is 0 Å². The normalized spacial score (nSPS) is 32.9. The third kappa shape index (κ3) is 4.65. The lowest BCUT2D eigenvalue weighted by atomic mass is 9.79. The lowest BCUT2D eigenvalue weighted by molar-refractivity contribution is -0.164. The maximum absolute atomic E-state index is 6.14. The molecule has 0 spiro atoms. The van der Waals surface area contributed by atoms with Gasteiger partial charge < -0.3 is 23.7 Å². The number of fused-ring (bicyclic) bond motifs is 1. The zero-order chi connectivity index (χ0) is 22.3. The smallest absolute Gasteiger partial charge is 0.399 e. The molecule has 4 fully saturated rings. The van der Waals surface area contributed by atoms with Crippen molar-refractivity contribution in [2.24, 2.45) is 17.8 Å². The number of nitrogens with zero attached hydrogens (tertiary/aromatic N) is 1. The largest absolute Gasteiger partial charge is 0.494 e. The highest BCUT2D eigenvalue weighted by molar-refractivity contribution is 6.62. The van der Waals surface area contributed by atoms with E-state index in [0.717, 1.165) is 62.1 Å². The van der Waals surface area contributed by atoms with E-state index >= 15 is 0 Å². The molecular weight excluding hydrogens is 401 g/mol. The Hall–Kier alpha value is -1.36. The first kappa shape index (κ1) is 22.4. The van der Waals surface area contributed by atoms with Crippen molar-refractivity contribution in [3.05, 3.63) is 29.8 Å². The Balaban J connectivity index is 1.06. The number of ether oxygens (including phenoxy) is 2. The maximum Gasteiger partial charge on any atom is 0.494 e. The zero-order valence-corrected chi connectivity index (χ0v) is 19.9. The minimum Gasteiger partial charge on any atom is -0.399 e. The molecule has 0 N–H and O–H groups in total. The molecule has 1 aliphatic carbocycles. The molecule has 5 rings (SSSR count). The number of hydrogen-bond acceptors (Lipinski definition) is 5. The second-order valence-electron chi connectivity index (χ2n) is 10.8. The summed E-state index contributed by atoms with van der Waals surface area (Å²) in [4.78, 5) is 2.52. The summed E-state index contributed by atoms with van der Waals surface area (Å²) in [5, 5.41) is 0. The van der Waals surface area contributed by atoms with Crippen LogP contribution in [0.2, 0.25) is 0 Å². The van der Waals surface area contributed by atoms with Gasteiger partial charge in [0.15, 0.2) is 6.29 Å². The second kappa shape index (κ2) is 8.78. The Kier molecular flexibility index (Phi) is 6.15. The first-order valence-electron chi connectivity index (χ1n) is 12.3. The molecule has 1 saturated carbocycles. The van der Waals surface area contributed by atoms with Crippen molar-refractivity contribution >= 4 is 12.6 Å². The number of hydrogen-bond donors (Lipinski definition) is 0. The fourth-order valence-electron chi connectivity index (χ4n) is 5.04. The summed E-state index contributed by atoms with van der Waals surface area (Å²) in [7, 11) is -0.315. The number of rotatable bonds is 5. The molecule has 3 aliphatic heterocycles. The highest BCUT2D eigenvalue weighted by Gasteiger charge is 2.54. The van der Waals surface area contributed by atoms with Gasteiger partial charge in [-0.05, 0) is 76.4 Å². The summed E-state index contributed by atoms with van der Waals surface area (Å²) in [5.41, 5.74) is 1.48. The Bertz CT molecular complexity index is 840. The average Bonchev–Trinajstić information content (AvgIpc) is 3.11. The second-order valence-corrected chi connectivity index (χ2v) is 10.8. The summed E-state index contributed by atoms with van der Waals surface area (Å²) in [6.45, 7) is 13.3. The molecule has 32 heavy (non-hydrogen) atoms. The molecule has 4 aliphatic rings. The van der Waals surface area contributed by atoms with Crippen LogP contribution in [0.1, 0.15) is 52.5 Å². The highest BCUT2D eigenvalue weighted by atomic mass is 16.7. The standard InChI is InChI=1S/C26H36BNO4/c1-25(2)26(3,4)32-27(31-25)20-11-8-19(9-12-20)10-13-21-22-17-28(18-23(21)22)14-16-30-24-7-5-6-15-29-24/h8-9,11-12,21-24H,5-7,14-18H2,1-4H3. The first-order chi connectivity index (χ1) is 15.3. The van der Waals surface area contributed by atoms with Crippen molar-refractivity contribution in [3.63, 3.8) is 0 Å². The Morgan fingerprint density at radius 2 is 1.72 bits per heavy atom. The summed E-state index contributed by atoms with van der Waals surface area (Å²) >= 11 is 0. The summed E-state index contributed by atoms with van der Waals surface area (Å²) in [6, 6.07) is 8.33. The van der Waals surface area contributed by atoms with Crippen molar-refractivity contribution in [1.82, 2.24) is 4.90 Å². The minimum absolute atomic E-state index is 0.0238. The van der Waals surface area contributed by atoms with Crippen LogP contribution in [0.15, 0.2) is 24.3 Å². The van der Waals surface area contributed by atoms with Gasteiger partial charge in [0, 0.05) is 37.7 Å². The average molecular weight is 437 g/mol. The van der Waals surface area contributed by atoms with E-state index < -0.39 is 0 Å². The molecule has 5 nitrogen and oxygen atoms in total. The molecule has 1 aromatic carbocycles. The SMILES string of the molecule is CC1(C)OB(c2ccc(C#CC3C4CN(CCOC5CCCCO5)CC34)cc2)OC1(C)C. The van der Waals surface area contributed by atoms with Crippen LogP contribution in [-0.4, -0.2) is 62.4 Å². The van der Waals surface area contributed by atoms with E-state index in [-0.39, 0.29) is 24.6 Å². The molecule has 3 saturated heterocycles. The van der Waals surface area contributed by atoms with Crippen LogP contribution in [0, 0.1) is 29.6 Å². The molecule has 0 radical (unpaired) electrons. The fourth-order valence-corrected chi connectivity index (χ4v) is 5.04. The van der Waals surface area contributed by atoms with E-state index in [1.54, 1.807) is 0 Å². The van der Waals surface area contributed by atoms with E-state index in [0.29, 0.717) is 5.92 Å². The van der Waals surface area contributed by atoms with Gasteiger partial charge in [-0.2, -0.15) is 0 Å². The number of likely N-dealkylation sites (tertiary alicyclic amines) is 1. The molecule has 3 heterocycles. The molecule has 3 atom stereocenters. The summed E-state index contributed by atoms with van der Waals surface area (Å²) in [5.74, 6) is 8.94. The fraction of sp³-hybridized carbons (Fsp3) is 0.692. The van der Waals surface area contributed by atoms with Crippen molar-refractivity contribution < 1.29 is 18.8 Å². The predicted molar refractivity (Wildman–Crippen MR) is 125 cm³/mol. The molecule has 0 bridgehead atoms. The van der Waals surface area contributed by atoms with Crippen molar-refractivity contribution in [2.45, 2.75) is 64.4 Å². The van der Waals surface area contributed by atoms with Crippen molar-refractivity contribution in [3.8, 4) is 11.8 Å². The molecule has 3 unspecified atom stereocenters. The van der Waals surface area contributed by atoms with Crippen LogP contribution in [-0.2, 0) is 18.8 Å². The number of piperidine rings is 1. The quantitative estimate of drug-likeness (QED) is 0.523. The van der Waals surface area contributed by atoms with E-state index in [1.165, 1.54) is 12.8 Å². The summed E-state index contributed by atoms with van der Waals surface area (Å²) < 4.78 is 23.8. The minimum atomic E-state index is -0.316. The van der Waals surface area contributed by atoms with Crippen LogP contribution in [0.3, 0.4) is 0 Å². The van der Waals surface area contributed by atoms with Crippen LogP contribution >= 0.6 is 0 Å². The van der Waals surface area contributed by atoms with E-state index in [9.17, 15) is 0 Å².